The Bertz CT molecular complexity index is 457. The van der Waals surface area contributed by atoms with Gasteiger partial charge in [0.05, 0.1) is 11.8 Å². The van der Waals surface area contributed by atoms with Crippen molar-refractivity contribution in [2.24, 2.45) is 11.8 Å². The fraction of sp³-hybridized carbons (Fsp3) is 0.636. The van der Waals surface area contributed by atoms with E-state index >= 15 is 0 Å². The third kappa shape index (κ3) is 2.66. The number of hydrogen-bond donors (Lipinski definition) is 3. The molecule has 98 valence electrons. The summed E-state index contributed by atoms with van der Waals surface area (Å²) in [5.74, 6) is -1.49. The maximum Gasteiger partial charge on any atom is 0.307 e. The first-order valence-electron chi connectivity index (χ1n) is 6.00. The Balaban J connectivity index is 2.04. The second kappa shape index (κ2) is 5.16. The Kier molecular flexibility index (Phi) is 3.59. The molecule has 0 aliphatic heterocycles. The summed E-state index contributed by atoms with van der Waals surface area (Å²) >= 11 is 0. The van der Waals surface area contributed by atoms with Gasteiger partial charge in [0.25, 0.3) is 0 Å². The van der Waals surface area contributed by atoms with E-state index in [1.165, 1.54) is 0 Å². The van der Waals surface area contributed by atoms with Crippen LogP contribution in [0.4, 0.5) is 5.95 Å². The summed E-state index contributed by atoms with van der Waals surface area (Å²) in [7, 11) is 0. The second-order valence-corrected chi connectivity index (χ2v) is 4.57. The fourth-order valence-electron chi connectivity index (χ4n) is 2.34. The van der Waals surface area contributed by atoms with Crippen LogP contribution in [0.25, 0.3) is 0 Å². The highest BCUT2D eigenvalue weighted by atomic mass is 16.4. The van der Waals surface area contributed by atoms with Crippen molar-refractivity contribution in [3.05, 3.63) is 5.82 Å². The normalized spacial score (nSPS) is 23.6. The molecule has 1 saturated carbocycles. The second-order valence-electron chi connectivity index (χ2n) is 4.57. The molecule has 7 heteroatoms. The quantitative estimate of drug-likeness (QED) is 0.742. The number of carboxylic acids is 1. The lowest BCUT2D eigenvalue weighted by molar-refractivity contribution is -0.147. The zero-order valence-electron chi connectivity index (χ0n) is 10.1. The Morgan fingerprint density at radius 1 is 1.33 bits per heavy atom. The van der Waals surface area contributed by atoms with Crippen LogP contribution in [0.3, 0.4) is 0 Å². The number of aryl methyl sites for hydroxylation is 1. The maximum absolute atomic E-state index is 12.0. The number of carbonyl (C=O) groups is 2. The van der Waals surface area contributed by atoms with Gasteiger partial charge in [0, 0.05) is 0 Å². The number of H-pyrrole nitrogens is 1. The van der Waals surface area contributed by atoms with Gasteiger partial charge in [0.2, 0.25) is 11.9 Å². The predicted octanol–water partition coefficient (Wildman–Crippen LogP) is 0.943. The van der Waals surface area contributed by atoms with Crippen LogP contribution in [0.2, 0.25) is 0 Å². The number of rotatable bonds is 3. The number of aromatic nitrogens is 3. The first-order valence-corrected chi connectivity index (χ1v) is 6.00. The Morgan fingerprint density at radius 2 is 2.00 bits per heavy atom. The molecule has 7 nitrogen and oxygen atoms in total. The number of nitrogens with zero attached hydrogens (tertiary/aromatic N) is 2. The van der Waals surface area contributed by atoms with Gasteiger partial charge < -0.3 is 5.11 Å². The highest BCUT2D eigenvalue weighted by molar-refractivity contribution is 5.93. The molecule has 1 aromatic heterocycles. The number of aromatic amines is 1. The lowest BCUT2D eigenvalue weighted by Gasteiger charge is -2.26. The van der Waals surface area contributed by atoms with E-state index in [1.54, 1.807) is 6.92 Å². The third-order valence-electron chi connectivity index (χ3n) is 3.25. The topological polar surface area (TPSA) is 108 Å². The maximum atomic E-state index is 12.0. The highest BCUT2D eigenvalue weighted by Gasteiger charge is 2.35. The molecule has 1 aliphatic rings. The zero-order chi connectivity index (χ0) is 13.1. The predicted molar refractivity (Wildman–Crippen MR) is 62.8 cm³/mol. The minimum absolute atomic E-state index is 0.201. The smallest absolute Gasteiger partial charge is 0.307 e. The van der Waals surface area contributed by atoms with Crippen LogP contribution in [0.5, 0.6) is 0 Å². The van der Waals surface area contributed by atoms with Gasteiger partial charge in [-0.2, -0.15) is 4.98 Å². The summed E-state index contributed by atoms with van der Waals surface area (Å²) in [5.41, 5.74) is 0. The van der Waals surface area contributed by atoms with E-state index in [0.717, 1.165) is 12.8 Å². The van der Waals surface area contributed by atoms with Crippen molar-refractivity contribution in [3.63, 3.8) is 0 Å². The molecule has 1 amide bonds. The summed E-state index contributed by atoms with van der Waals surface area (Å²) in [6.07, 6.45) is 2.90. The van der Waals surface area contributed by atoms with Gasteiger partial charge in [-0.3, -0.25) is 20.0 Å². The van der Waals surface area contributed by atoms with Gasteiger partial charge in [-0.05, 0) is 19.8 Å². The summed E-state index contributed by atoms with van der Waals surface area (Å²) in [5, 5.41) is 18.1. The molecular weight excluding hydrogens is 236 g/mol. The lowest BCUT2D eigenvalue weighted by Crippen LogP contribution is -2.36. The molecule has 3 N–H and O–H groups in total. The van der Waals surface area contributed by atoms with Crippen molar-refractivity contribution in [1.82, 2.24) is 15.2 Å². The Morgan fingerprint density at radius 3 is 2.56 bits per heavy atom. The first kappa shape index (κ1) is 12.5. The highest BCUT2D eigenvalue weighted by Crippen LogP contribution is 2.30. The van der Waals surface area contributed by atoms with Crippen molar-refractivity contribution in [3.8, 4) is 0 Å². The van der Waals surface area contributed by atoms with Crippen LogP contribution in [0.15, 0.2) is 0 Å². The van der Waals surface area contributed by atoms with E-state index in [9.17, 15) is 9.59 Å². The minimum Gasteiger partial charge on any atom is -0.481 e. The standard InChI is InChI=1S/C11H16N4O3/c1-6-12-11(15-14-6)13-9(16)7-4-2-3-5-8(7)10(17)18/h7-8H,2-5H2,1H3,(H,17,18)(H2,12,13,14,15,16)/t7-,8+/m1/s1. The average molecular weight is 252 g/mol. The number of carbonyl (C=O) groups excluding carboxylic acids is 1. The number of carboxylic acid groups (broad SMARTS) is 1. The van der Waals surface area contributed by atoms with E-state index in [1.807, 2.05) is 0 Å². The summed E-state index contributed by atoms with van der Waals surface area (Å²) in [4.78, 5) is 27.1. The van der Waals surface area contributed by atoms with E-state index in [0.29, 0.717) is 18.7 Å². The van der Waals surface area contributed by atoms with E-state index < -0.39 is 17.8 Å². The molecule has 1 aromatic rings. The SMILES string of the molecule is Cc1nc(NC(=O)[C@@H]2CCCC[C@@H]2C(=O)O)n[nH]1. The third-order valence-corrected chi connectivity index (χ3v) is 3.25. The van der Waals surface area contributed by atoms with Crippen molar-refractivity contribution >= 4 is 17.8 Å². The zero-order valence-corrected chi connectivity index (χ0v) is 10.1. The fourth-order valence-corrected chi connectivity index (χ4v) is 2.34. The molecule has 1 fully saturated rings. The molecule has 1 heterocycles. The molecule has 0 radical (unpaired) electrons. The van der Waals surface area contributed by atoms with Crippen molar-refractivity contribution < 1.29 is 14.7 Å². The van der Waals surface area contributed by atoms with Gasteiger partial charge >= 0.3 is 5.97 Å². The van der Waals surface area contributed by atoms with Gasteiger partial charge in [-0.1, -0.05) is 12.8 Å². The number of aliphatic carboxylic acids is 1. The van der Waals surface area contributed by atoms with Crippen LogP contribution in [-0.4, -0.2) is 32.2 Å². The van der Waals surface area contributed by atoms with Crippen molar-refractivity contribution in [2.75, 3.05) is 5.32 Å². The van der Waals surface area contributed by atoms with Crippen LogP contribution >= 0.6 is 0 Å². The molecule has 0 unspecified atom stereocenters. The molecule has 0 spiro atoms. The Hall–Kier alpha value is -1.92. The monoisotopic (exact) mass is 252 g/mol. The van der Waals surface area contributed by atoms with Crippen LogP contribution in [0.1, 0.15) is 31.5 Å². The molecule has 18 heavy (non-hydrogen) atoms. The van der Waals surface area contributed by atoms with Crippen LogP contribution in [-0.2, 0) is 9.59 Å². The first-order chi connectivity index (χ1) is 8.58. The molecular formula is C11H16N4O3. The van der Waals surface area contributed by atoms with Gasteiger partial charge in [0.15, 0.2) is 0 Å². The lowest BCUT2D eigenvalue weighted by atomic mass is 9.79. The average Bonchev–Trinajstić information content (AvgIpc) is 2.74. The van der Waals surface area contributed by atoms with Crippen LogP contribution in [0, 0.1) is 18.8 Å². The number of amides is 1. The van der Waals surface area contributed by atoms with Crippen molar-refractivity contribution in [1.29, 1.82) is 0 Å². The van der Waals surface area contributed by atoms with Crippen LogP contribution < -0.4 is 5.32 Å². The molecule has 2 rings (SSSR count). The molecule has 2 atom stereocenters. The number of anilines is 1. The van der Waals surface area contributed by atoms with Crippen molar-refractivity contribution in [2.45, 2.75) is 32.6 Å². The minimum atomic E-state index is -0.902. The Labute approximate surface area is 104 Å². The summed E-state index contributed by atoms with van der Waals surface area (Å²) < 4.78 is 0. The van der Waals surface area contributed by atoms with Gasteiger partial charge in [-0.15, -0.1) is 5.10 Å². The number of nitrogens with one attached hydrogen (secondary N) is 2. The number of hydrogen-bond acceptors (Lipinski definition) is 4. The van der Waals surface area contributed by atoms with Gasteiger partial charge in [-0.25, -0.2) is 0 Å². The largest absolute Gasteiger partial charge is 0.481 e. The molecule has 0 saturated heterocycles. The molecule has 0 bridgehead atoms. The van der Waals surface area contributed by atoms with E-state index in [4.69, 9.17) is 5.11 Å². The summed E-state index contributed by atoms with van der Waals surface area (Å²) in [6, 6.07) is 0. The summed E-state index contributed by atoms with van der Waals surface area (Å²) in [6.45, 7) is 1.73. The molecule has 1 aliphatic carbocycles. The van der Waals surface area contributed by atoms with E-state index in [-0.39, 0.29) is 11.9 Å². The van der Waals surface area contributed by atoms with Gasteiger partial charge in [0.1, 0.15) is 5.82 Å². The molecule has 0 aromatic carbocycles. The van der Waals surface area contributed by atoms with E-state index in [2.05, 4.69) is 20.5 Å².